The molecule has 3 nitrogen and oxygen atoms in total. The van der Waals surface area contributed by atoms with Gasteiger partial charge in [0.1, 0.15) is 6.61 Å². The minimum absolute atomic E-state index is 0.0512. The Bertz CT molecular complexity index is 129. The summed E-state index contributed by atoms with van der Waals surface area (Å²) in [6.45, 7) is 3.53. The van der Waals surface area contributed by atoms with Gasteiger partial charge in [-0.15, -0.1) is 0 Å². The highest BCUT2D eigenvalue weighted by Gasteiger charge is 2.30. The minimum Gasteiger partial charge on any atom is -0.463 e. The van der Waals surface area contributed by atoms with E-state index in [0.29, 0.717) is 19.8 Å². The van der Waals surface area contributed by atoms with E-state index in [1.54, 1.807) is 0 Å². The molecule has 0 heterocycles. The summed E-state index contributed by atoms with van der Waals surface area (Å²) in [5.41, 5.74) is 0. The lowest BCUT2D eigenvalue weighted by atomic mass is 10.4. The second-order valence-electron chi connectivity index (χ2n) is 2.64. The zero-order chi connectivity index (χ0) is 8.10. The van der Waals surface area contributed by atoms with Crippen LogP contribution in [0.15, 0.2) is 0 Å². The van der Waals surface area contributed by atoms with E-state index in [9.17, 15) is 4.79 Å². The Labute approximate surface area is 66.7 Å². The van der Waals surface area contributed by atoms with Crippen LogP contribution in [0, 0.1) is 5.92 Å². The first kappa shape index (κ1) is 8.53. The number of hydrogen-bond donors (Lipinski definition) is 0. The summed E-state index contributed by atoms with van der Waals surface area (Å²) >= 11 is 0. The molecule has 0 aromatic carbocycles. The topological polar surface area (TPSA) is 35.5 Å². The molecular weight excluding hydrogens is 144 g/mol. The van der Waals surface area contributed by atoms with E-state index in [1.807, 2.05) is 6.92 Å². The average Bonchev–Trinajstić information content (AvgIpc) is 2.79. The van der Waals surface area contributed by atoms with E-state index in [1.165, 1.54) is 0 Å². The number of rotatable bonds is 5. The molecule has 3 heteroatoms. The SMILES string of the molecule is CCOCCOC(=O)C1CC1. The molecule has 0 atom stereocenters. The van der Waals surface area contributed by atoms with Crippen molar-refractivity contribution in [1.29, 1.82) is 0 Å². The monoisotopic (exact) mass is 158 g/mol. The van der Waals surface area contributed by atoms with Gasteiger partial charge in [0.05, 0.1) is 12.5 Å². The smallest absolute Gasteiger partial charge is 0.309 e. The van der Waals surface area contributed by atoms with Gasteiger partial charge in [-0.3, -0.25) is 4.79 Å². The van der Waals surface area contributed by atoms with Crippen molar-refractivity contribution in [2.75, 3.05) is 19.8 Å². The van der Waals surface area contributed by atoms with Crippen molar-refractivity contribution in [3.63, 3.8) is 0 Å². The fraction of sp³-hybridized carbons (Fsp3) is 0.875. The van der Waals surface area contributed by atoms with Gasteiger partial charge < -0.3 is 9.47 Å². The maximum Gasteiger partial charge on any atom is 0.309 e. The molecule has 1 saturated carbocycles. The van der Waals surface area contributed by atoms with Crippen LogP contribution in [0.5, 0.6) is 0 Å². The highest BCUT2D eigenvalue weighted by molar-refractivity contribution is 5.74. The van der Waals surface area contributed by atoms with E-state index in [-0.39, 0.29) is 11.9 Å². The normalized spacial score (nSPS) is 16.5. The summed E-state index contributed by atoms with van der Waals surface area (Å²) in [4.78, 5) is 10.9. The second kappa shape index (κ2) is 4.34. The van der Waals surface area contributed by atoms with Crippen LogP contribution in [0.4, 0.5) is 0 Å². The van der Waals surface area contributed by atoms with Crippen LogP contribution in [0.2, 0.25) is 0 Å². The molecule has 1 aliphatic rings. The molecule has 0 spiro atoms. The van der Waals surface area contributed by atoms with Crippen LogP contribution >= 0.6 is 0 Å². The third kappa shape index (κ3) is 3.37. The molecule has 0 bridgehead atoms. The van der Waals surface area contributed by atoms with Crippen molar-refractivity contribution in [2.45, 2.75) is 19.8 Å². The largest absolute Gasteiger partial charge is 0.463 e. The molecule has 64 valence electrons. The van der Waals surface area contributed by atoms with Crippen LogP contribution in [0.25, 0.3) is 0 Å². The summed E-state index contributed by atoms with van der Waals surface area (Å²) in [6, 6.07) is 0. The van der Waals surface area contributed by atoms with Crippen molar-refractivity contribution in [3.05, 3.63) is 0 Å². The molecule has 0 unspecified atom stereocenters. The van der Waals surface area contributed by atoms with Gasteiger partial charge in [0.2, 0.25) is 0 Å². The number of esters is 1. The van der Waals surface area contributed by atoms with Gasteiger partial charge in [0, 0.05) is 6.61 Å². The Kier molecular flexibility index (Phi) is 3.36. The van der Waals surface area contributed by atoms with Crippen molar-refractivity contribution in [1.82, 2.24) is 0 Å². The number of ether oxygens (including phenoxy) is 2. The minimum atomic E-state index is -0.0512. The molecule has 0 N–H and O–H groups in total. The maximum absolute atomic E-state index is 10.9. The first-order chi connectivity index (χ1) is 5.34. The van der Waals surface area contributed by atoms with Crippen LogP contribution < -0.4 is 0 Å². The summed E-state index contributed by atoms with van der Waals surface area (Å²) in [5.74, 6) is 0.154. The number of carbonyl (C=O) groups excluding carboxylic acids is 1. The molecule has 1 aliphatic carbocycles. The van der Waals surface area contributed by atoms with E-state index < -0.39 is 0 Å². The zero-order valence-corrected chi connectivity index (χ0v) is 6.84. The molecule has 0 amide bonds. The lowest BCUT2D eigenvalue weighted by molar-refractivity contribution is -0.146. The van der Waals surface area contributed by atoms with Crippen LogP contribution in [-0.2, 0) is 14.3 Å². The third-order valence-electron chi connectivity index (χ3n) is 1.59. The van der Waals surface area contributed by atoms with Crippen LogP contribution in [0.1, 0.15) is 19.8 Å². The molecule has 1 rings (SSSR count). The molecule has 0 aromatic rings. The molecule has 0 saturated heterocycles. The first-order valence-electron chi connectivity index (χ1n) is 4.09. The summed E-state index contributed by atoms with van der Waals surface area (Å²) < 4.78 is 9.91. The van der Waals surface area contributed by atoms with Gasteiger partial charge in [-0.1, -0.05) is 0 Å². The lowest BCUT2D eigenvalue weighted by Crippen LogP contribution is -2.11. The first-order valence-corrected chi connectivity index (χ1v) is 4.09. The highest BCUT2D eigenvalue weighted by Crippen LogP contribution is 2.29. The third-order valence-corrected chi connectivity index (χ3v) is 1.59. The Hall–Kier alpha value is -0.570. The molecular formula is C8H14O3. The standard InChI is InChI=1S/C8H14O3/c1-2-10-5-6-11-8(9)7-3-4-7/h7H,2-6H2,1H3. The van der Waals surface area contributed by atoms with Crippen molar-refractivity contribution in [2.24, 2.45) is 5.92 Å². The maximum atomic E-state index is 10.9. The van der Waals surface area contributed by atoms with E-state index >= 15 is 0 Å². The van der Waals surface area contributed by atoms with Crippen LogP contribution in [0.3, 0.4) is 0 Å². The summed E-state index contributed by atoms with van der Waals surface area (Å²) in [5, 5.41) is 0. The van der Waals surface area contributed by atoms with Crippen molar-refractivity contribution in [3.8, 4) is 0 Å². The van der Waals surface area contributed by atoms with Crippen molar-refractivity contribution >= 4 is 5.97 Å². The highest BCUT2D eigenvalue weighted by atomic mass is 16.6. The van der Waals surface area contributed by atoms with Gasteiger partial charge >= 0.3 is 5.97 Å². The van der Waals surface area contributed by atoms with E-state index in [0.717, 1.165) is 12.8 Å². The Morgan fingerprint density at radius 3 is 2.73 bits per heavy atom. The Balaban J connectivity index is 1.89. The molecule has 11 heavy (non-hydrogen) atoms. The summed E-state index contributed by atoms with van der Waals surface area (Å²) in [7, 11) is 0. The fourth-order valence-electron chi connectivity index (χ4n) is 0.782. The van der Waals surface area contributed by atoms with Gasteiger partial charge in [0.15, 0.2) is 0 Å². The average molecular weight is 158 g/mol. The van der Waals surface area contributed by atoms with Gasteiger partial charge in [-0.05, 0) is 19.8 Å². The van der Waals surface area contributed by atoms with Gasteiger partial charge in [0.25, 0.3) is 0 Å². The zero-order valence-electron chi connectivity index (χ0n) is 6.84. The van der Waals surface area contributed by atoms with Gasteiger partial charge in [-0.25, -0.2) is 0 Å². The molecule has 0 aliphatic heterocycles. The van der Waals surface area contributed by atoms with E-state index in [4.69, 9.17) is 9.47 Å². The predicted octanol–water partition coefficient (Wildman–Crippen LogP) is 0.976. The molecule has 0 aromatic heterocycles. The van der Waals surface area contributed by atoms with Crippen molar-refractivity contribution < 1.29 is 14.3 Å². The summed E-state index contributed by atoms with van der Waals surface area (Å²) in [6.07, 6.45) is 2.01. The second-order valence-corrected chi connectivity index (χ2v) is 2.64. The van der Waals surface area contributed by atoms with Gasteiger partial charge in [-0.2, -0.15) is 0 Å². The quantitative estimate of drug-likeness (QED) is 0.442. The number of hydrogen-bond acceptors (Lipinski definition) is 3. The molecule has 0 radical (unpaired) electrons. The fourth-order valence-corrected chi connectivity index (χ4v) is 0.782. The predicted molar refractivity (Wildman–Crippen MR) is 40.2 cm³/mol. The molecule has 1 fully saturated rings. The Morgan fingerprint density at radius 1 is 1.45 bits per heavy atom. The Morgan fingerprint density at radius 2 is 2.18 bits per heavy atom. The number of carbonyl (C=O) groups is 1. The van der Waals surface area contributed by atoms with E-state index in [2.05, 4.69) is 0 Å². The van der Waals surface area contributed by atoms with Crippen LogP contribution in [-0.4, -0.2) is 25.8 Å². The lowest BCUT2D eigenvalue weighted by Gasteiger charge is -2.02.